The zero-order valence-corrected chi connectivity index (χ0v) is 19.5. The van der Waals surface area contributed by atoms with Gasteiger partial charge in [0.05, 0.1) is 23.9 Å². The molecule has 0 aromatic heterocycles. The summed E-state index contributed by atoms with van der Waals surface area (Å²) in [6.45, 7) is 1.29. The van der Waals surface area contributed by atoms with Gasteiger partial charge in [-0.3, -0.25) is 4.79 Å². The average molecular weight is 474 g/mol. The molecule has 1 amide bonds. The normalized spacial score (nSPS) is 19.4. The van der Waals surface area contributed by atoms with Crippen LogP contribution in [-0.4, -0.2) is 83.0 Å². The summed E-state index contributed by atoms with van der Waals surface area (Å²) in [5, 5.41) is 2.58. The smallest absolute Gasteiger partial charge is 0.251 e. The largest absolute Gasteiger partial charge is 0.379 e. The van der Waals surface area contributed by atoms with E-state index in [2.05, 4.69) is 5.32 Å². The molecule has 0 atom stereocenters. The van der Waals surface area contributed by atoms with Crippen LogP contribution in [0.4, 0.5) is 0 Å². The van der Waals surface area contributed by atoms with E-state index in [9.17, 15) is 21.6 Å². The van der Waals surface area contributed by atoms with Crippen molar-refractivity contribution in [1.29, 1.82) is 0 Å². The van der Waals surface area contributed by atoms with Crippen molar-refractivity contribution in [3.05, 3.63) is 29.8 Å². The highest BCUT2D eigenvalue weighted by atomic mass is 32.2. The van der Waals surface area contributed by atoms with Crippen molar-refractivity contribution < 1.29 is 26.4 Å². The lowest BCUT2D eigenvalue weighted by atomic mass is 9.96. The molecule has 1 aromatic carbocycles. The van der Waals surface area contributed by atoms with Gasteiger partial charge in [-0.1, -0.05) is 25.3 Å². The van der Waals surface area contributed by atoms with Crippen LogP contribution in [-0.2, 0) is 24.8 Å². The van der Waals surface area contributed by atoms with Crippen molar-refractivity contribution in [3.8, 4) is 0 Å². The van der Waals surface area contributed by atoms with Gasteiger partial charge in [0.15, 0.2) is 0 Å². The molecule has 1 aromatic rings. The maximum Gasteiger partial charge on any atom is 0.251 e. The Morgan fingerprint density at radius 2 is 1.81 bits per heavy atom. The van der Waals surface area contributed by atoms with Gasteiger partial charge in [-0.25, -0.2) is 16.8 Å². The van der Waals surface area contributed by atoms with Gasteiger partial charge in [0.25, 0.3) is 5.91 Å². The number of benzene rings is 1. The van der Waals surface area contributed by atoms with Gasteiger partial charge in [0, 0.05) is 38.3 Å². The highest BCUT2D eigenvalue weighted by Crippen LogP contribution is 2.26. The van der Waals surface area contributed by atoms with Crippen molar-refractivity contribution in [2.75, 3.05) is 45.6 Å². The molecule has 0 unspecified atom stereocenters. The Hall–Kier alpha value is -1.53. The van der Waals surface area contributed by atoms with Gasteiger partial charge in [0.1, 0.15) is 0 Å². The monoisotopic (exact) mass is 473 g/mol. The van der Waals surface area contributed by atoms with Crippen molar-refractivity contribution in [1.82, 2.24) is 13.9 Å². The molecule has 1 saturated heterocycles. The summed E-state index contributed by atoms with van der Waals surface area (Å²) >= 11 is 0. The number of carbonyl (C=O) groups excluding carboxylic acids is 1. The zero-order chi connectivity index (χ0) is 22.5. The van der Waals surface area contributed by atoms with Crippen LogP contribution < -0.4 is 5.32 Å². The zero-order valence-electron chi connectivity index (χ0n) is 17.8. The molecule has 11 heteroatoms. The SMILES string of the molecule is CN(C1CCCCC1)S(=O)(=O)c1cccc(C(=O)NCCS(=O)(=O)N2CCOCC2)c1. The number of nitrogens with zero attached hydrogens (tertiary/aromatic N) is 2. The summed E-state index contributed by atoms with van der Waals surface area (Å²) in [4.78, 5) is 12.6. The predicted octanol–water partition coefficient (Wildman–Crippen LogP) is 1.03. The number of hydrogen-bond donors (Lipinski definition) is 1. The summed E-state index contributed by atoms with van der Waals surface area (Å²) < 4.78 is 58.7. The quantitative estimate of drug-likeness (QED) is 0.603. The van der Waals surface area contributed by atoms with E-state index in [1.54, 1.807) is 7.05 Å². The van der Waals surface area contributed by atoms with E-state index in [1.807, 2.05) is 0 Å². The lowest BCUT2D eigenvalue weighted by molar-refractivity contribution is 0.0730. The third-order valence-corrected chi connectivity index (χ3v) is 9.65. The maximum absolute atomic E-state index is 13.0. The second kappa shape index (κ2) is 10.4. The van der Waals surface area contributed by atoms with Crippen LogP contribution in [0.1, 0.15) is 42.5 Å². The summed E-state index contributed by atoms with van der Waals surface area (Å²) in [7, 11) is -5.60. The molecular weight excluding hydrogens is 442 g/mol. The van der Waals surface area contributed by atoms with Gasteiger partial charge < -0.3 is 10.1 Å². The van der Waals surface area contributed by atoms with E-state index in [4.69, 9.17) is 4.74 Å². The molecule has 0 bridgehead atoms. The summed E-state index contributed by atoms with van der Waals surface area (Å²) in [5.74, 6) is -0.726. The van der Waals surface area contributed by atoms with Crippen LogP contribution in [0.2, 0.25) is 0 Å². The Kier molecular flexibility index (Phi) is 8.08. The predicted molar refractivity (Wildman–Crippen MR) is 117 cm³/mol. The summed E-state index contributed by atoms with van der Waals surface area (Å²) in [5.41, 5.74) is 0.182. The van der Waals surface area contributed by atoms with Crippen LogP contribution in [0.5, 0.6) is 0 Å². The van der Waals surface area contributed by atoms with Crippen molar-refractivity contribution in [2.45, 2.75) is 43.0 Å². The molecule has 1 N–H and O–H groups in total. The van der Waals surface area contributed by atoms with E-state index in [0.29, 0.717) is 26.3 Å². The fourth-order valence-electron chi connectivity index (χ4n) is 3.95. The van der Waals surface area contributed by atoms with E-state index >= 15 is 0 Å². The molecule has 0 radical (unpaired) electrons. The fraction of sp³-hybridized carbons (Fsp3) is 0.650. The third kappa shape index (κ3) is 6.04. The molecule has 1 saturated carbocycles. The summed E-state index contributed by atoms with van der Waals surface area (Å²) in [6, 6.07) is 5.85. The Balaban J connectivity index is 1.61. The van der Waals surface area contributed by atoms with Gasteiger partial charge in [-0.15, -0.1) is 0 Å². The Labute approximate surface area is 184 Å². The lowest BCUT2D eigenvalue weighted by Crippen LogP contribution is -2.43. The molecule has 1 aliphatic carbocycles. The first-order valence-corrected chi connectivity index (χ1v) is 13.7. The number of rotatable bonds is 8. The van der Waals surface area contributed by atoms with Crippen LogP contribution in [0.15, 0.2) is 29.2 Å². The third-order valence-electron chi connectivity index (χ3n) is 5.87. The Bertz CT molecular complexity index is 968. The average Bonchev–Trinajstić information content (AvgIpc) is 2.79. The molecule has 31 heavy (non-hydrogen) atoms. The van der Waals surface area contributed by atoms with E-state index in [1.165, 1.54) is 32.9 Å². The topological polar surface area (TPSA) is 113 Å². The molecule has 3 rings (SSSR count). The molecule has 174 valence electrons. The Morgan fingerprint density at radius 1 is 1.13 bits per heavy atom. The van der Waals surface area contributed by atoms with Crippen molar-refractivity contribution >= 4 is 26.0 Å². The highest BCUT2D eigenvalue weighted by Gasteiger charge is 2.29. The maximum atomic E-state index is 13.0. The van der Waals surface area contributed by atoms with Crippen LogP contribution in [0.3, 0.4) is 0 Å². The number of sulfonamides is 2. The second-order valence-electron chi connectivity index (χ2n) is 7.92. The minimum absolute atomic E-state index is 0.0263. The first-order chi connectivity index (χ1) is 14.7. The van der Waals surface area contributed by atoms with Crippen LogP contribution in [0.25, 0.3) is 0 Å². The molecule has 9 nitrogen and oxygen atoms in total. The van der Waals surface area contributed by atoms with Crippen molar-refractivity contribution in [2.24, 2.45) is 0 Å². The molecule has 2 aliphatic rings. The summed E-state index contributed by atoms with van der Waals surface area (Å²) in [6.07, 6.45) is 4.84. The minimum Gasteiger partial charge on any atom is -0.379 e. The number of morpholine rings is 1. The lowest BCUT2D eigenvalue weighted by Gasteiger charge is -2.30. The first-order valence-electron chi connectivity index (χ1n) is 10.6. The number of hydrogen-bond acceptors (Lipinski definition) is 6. The standard InChI is InChI=1S/C20H31N3O6S2/c1-22(18-7-3-2-4-8-18)31(27,28)19-9-5-6-17(16-19)20(24)21-10-15-30(25,26)23-11-13-29-14-12-23/h5-6,9,16,18H,2-4,7-8,10-15H2,1H3,(H,21,24). The number of carbonyl (C=O) groups is 1. The van der Waals surface area contributed by atoms with Gasteiger partial charge >= 0.3 is 0 Å². The van der Waals surface area contributed by atoms with Gasteiger partial charge in [-0.2, -0.15) is 8.61 Å². The number of nitrogens with one attached hydrogen (secondary N) is 1. The van der Waals surface area contributed by atoms with Gasteiger partial charge in [0.2, 0.25) is 20.0 Å². The molecule has 1 aliphatic heterocycles. The van der Waals surface area contributed by atoms with E-state index in [0.717, 1.165) is 32.1 Å². The molecular formula is C20H31N3O6S2. The number of ether oxygens (including phenoxy) is 1. The van der Waals surface area contributed by atoms with Crippen LogP contribution >= 0.6 is 0 Å². The van der Waals surface area contributed by atoms with E-state index < -0.39 is 26.0 Å². The molecule has 0 spiro atoms. The first kappa shape index (κ1) is 24.1. The van der Waals surface area contributed by atoms with Gasteiger partial charge in [-0.05, 0) is 31.0 Å². The van der Waals surface area contributed by atoms with Crippen molar-refractivity contribution in [3.63, 3.8) is 0 Å². The Morgan fingerprint density at radius 3 is 2.48 bits per heavy atom. The van der Waals surface area contributed by atoms with Crippen LogP contribution in [0, 0.1) is 0 Å². The number of amides is 1. The van der Waals surface area contributed by atoms with E-state index in [-0.39, 0.29) is 28.8 Å². The molecule has 2 fully saturated rings. The highest BCUT2D eigenvalue weighted by molar-refractivity contribution is 7.89. The second-order valence-corrected chi connectivity index (χ2v) is 12.0. The minimum atomic E-state index is -3.71. The fourth-order valence-corrected chi connectivity index (χ4v) is 6.74. The molecule has 1 heterocycles.